The Balaban J connectivity index is 1.85. The molecule has 0 N–H and O–H groups in total. The van der Waals surface area contributed by atoms with Gasteiger partial charge in [-0.25, -0.2) is 0 Å². The number of nitrogens with zero attached hydrogens (tertiary/aromatic N) is 2. The Hall–Kier alpha value is -3.72. The molecule has 2 atom stereocenters. The van der Waals surface area contributed by atoms with Crippen molar-refractivity contribution in [2.24, 2.45) is 5.92 Å². The smallest absolute Gasteiger partial charge is 0.324 e. The molecule has 1 aliphatic carbocycles. The van der Waals surface area contributed by atoms with Crippen molar-refractivity contribution < 1.29 is 0 Å². The van der Waals surface area contributed by atoms with Gasteiger partial charge in [-0.05, 0) is 63.0 Å². The van der Waals surface area contributed by atoms with Crippen LogP contribution in [0.1, 0.15) is 63.8 Å². The maximum absolute atomic E-state index is 3.91. The van der Waals surface area contributed by atoms with E-state index in [1.165, 1.54) is 50.2 Å². The first-order chi connectivity index (χ1) is 18.1. The summed E-state index contributed by atoms with van der Waals surface area (Å²) in [5.74, 6) is 3.05. The molecule has 0 bridgehead atoms. The van der Waals surface area contributed by atoms with Crippen LogP contribution >= 0.6 is 0 Å². The van der Waals surface area contributed by atoms with Gasteiger partial charge in [0, 0.05) is 39.9 Å². The van der Waals surface area contributed by atoms with E-state index >= 15 is 0 Å². The van der Waals surface area contributed by atoms with Gasteiger partial charge in [-0.3, -0.25) is 0 Å². The van der Waals surface area contributed by atoms with Gasteiger partial charge in [0.15, 0.2) is 0 Å². The number of fused-ring (bicyclic) bond motifs is 3. The van der Waals surface area contributed by atoms with Crippen molar-refractivity contribution in [1.82, 2.24) is 9.38 Å². The molecule has 0 saturated carbocycles. The van der Waals surface area contributed by atoms with E-state index in [4.69, 9.17) is 0 Å². The summed E-state index contributed by atoms with van der Waals surface area (Å²) in [5, 5.41) is 1.34. The molecule has 0 saturated heterocycles. The lowest BCUT2D eigenvalue weighted by Gasteiger charge is -2.41. The minimum Gasteiger partial charge on any atom is -0.377 e. The minimum atomic E-state index is 0.124. The minimum absolute atomic E-state index is 0.124. The lowest BCUT2D eigenvalue weighted by Crippen LogP contribution is -2.52. The molecule has 0 amide bonds. The Morgan fingerprint density at radius 3 is 2.59 bits per heavy atom. The second-order valence-electron chi connectivity index (χ2n) is 9.77. The molecule has 5 rings (SSSR count). The van der Waals surface area contributed by atoms with Gasteiger partial charge in [0.2, 0.25) is 0 Å². The lowest BCUT2D eigenvalue weighted by molar-refractivity contribution is 0.670. The summed E-state index contributed by atoms with van der Waals surface area (Å²) in [7, 11) is 0. The van der Waals surface area contributed by atoms with Crippen molar-refractivity contribution in [3.63, 3.8) is 0 Å². The van der Waals surface area contributed by atoms with E-state index in [1.807, 2.05) is 12.2 Å². The maximum atomic E-state index is 3.91. The van der Waals surface area contributed by atoms with Crippen molar-refractivity contribution in [2.45, 2.75) is 47.0 Å². The zero-order chi connectivity index (χ0) is 26.1. The summed E-state index contributed by atoms with van der Waals surface area (Å²) in [6.07, 6.45) is 30.0. The average Bonchev–Trinajstić information content (AvgIpc) is 3.25. The van der Waals surface area contributed by atoms with Gasteiger partial charge >= 0.3 is 6.85 Å². The largest absolute Gasteiger partial charge is 0.377 e. The van der Waals surface area contributed by atoms with E-state index in [9.17, 15) is 0 Å². The van der Waals surface area contributed by atoms with Crippen LogP contribution in [0.4, 0.5) is 0 Å². The molecule has 0 radical (unpaired) electrons. The quantitative estimate of drug-likeness (QED) is 0.227. The Bertz CT molecular complexity index is 1480. The molecule has 186 valence electrons. The summed E-state index contributed by atoms with van der Waals surface area (Å²) in [6.45, 7) is 14.8. The van der Waals surface area contributed by atoms with E-state index in [2.05, 4.69) is 136 Å². The molecule has 3 heteroatoms. The molecule has 3 heterocycles. The summed E-state index contributed by atoms with van der Waals surface area (Å²) in [4.78, 5) is 2.50. The summed E-state index contributed by atoms with van der Waals surface area (Å²) >= 11 is 0. The molecule has 0 fully saturated rings. The molecule has 1 aromatic carbocycles. The molecule has 3 aliphatic rings. The van der Waals surface area contributed by atoms with E-state index in [-0.39, 0.29) is 6.85 Å². The van der Waals surface area contributed by atoms with Gasteiger partial charge < -0.3 is 9.38 Å². The van der Waals surface area contributed by atoms with Crippen LogP contribution in [0.3, 0.4) is 0 Å². The number of hydrogen-bond donors (Lipinski definition) is 0. The topological polar surface area (TPSA) is 8.17 Å². The third-order valence-electron chi connectivity index (χ3n) is 7.79. The predicted octanol–water partition coefficient (Wildman–Crippen LogP) is 8.40. The van der Waals surface area contributed by atoms with Crippen molar-refractivity contribution in [3.8, 4) is 0 Å². The second-order valence-corrected chi connectivity index (χ2v) is 9.77. The normalized spacial score (nSPS) is 23.1. The molecule has 1 aromatic heterocycles. The van der Waals surface area contributed by atoms with Gasteiger partial charge in [0.05, 0.1) is 5.52 Å². The van der Waals surface area contributed by atoms with Gasteiger partial charge in [-0.1, -0.05) is 98.4 Å². The van der Waals surface area contributed by atoms with Crippen LogP contribution in [-0.4, -0.2) is 16.2 Å². The van der Waals surface area contributed by atoms with Crippen LogP contribution < -0.4 is 5.46 Å². The van der Waals surface area contributed by atoms with Crippen LogP contribution in [0.5, 0.6) is 0 Å². The Kier molecular flexibility index (Phi) is 6.97. The van der Waals surface area contributed by atoms with Crippen molar-refractivity contribution in [3.05, 3.63) is 120 Å². The summed E-state index contributed by atoms with van der Waals surface area (Å²) in [5.41, 5.74) is 10.6. The number of benzene rings is 1. The van der Waals surface area contributed by atoms with Crippen molar-refractivity contribution in [2.75, 3.05) is 0 Å². The highest BCUT2D eigenvalue weighted by Gasteiger charge is 2.41. The van der Waals surface area contributed by atoms with E-state index in [0.29, 0.717) is 11.8 Å². The Morgan fingerprint density at radius 1 is 1.11 bits per heavy atom. The number of aromatic nitrogens is 1. The second kappa shape index (κ2) is 10.3. The lowest BCUT2D eigenvalue weighted by atomic mass is 9.48. The van der Waals surface area contributed by atoms with Crippen LogP contribution in [0.15, 0.2) is 103 Å². The molecule has 2 unspecified atom stereocenters. The number of hydrogen-bond acceptors (Lipinski definition) is 1. The molecule has 2 aromatic rings. The van der Waals surface area contributed by atoms with Crippen molar-refractivity contribution in [1.29, 1.82) is 0 Å². The van der Waals surface area contributed by atoms with Crippen LogP contribution in [-0.2, 0) is 0 Å². The molecule has 2 aliphatic heterocycles. The Labute approximate surface area is 222 Å². The third-order valence-corrected chi connectivity index (χ3v) is 7.79. The van der Waals surface area contributed by atoms with Gasteiger partial charge in [0.25, 0.3) is 0 Å². The van der Waals surface area contributed by atoms with Gasteiger partial charge in [-0.2, -0.15) is 0 Å². The number of rotatable bonds is 6. The van der Waals surface area contributed by atoms with Crippen molar-refractivity contribution >= 4 is 41.1 Å². The Morgan fingerprint density at radius 2 is 1.92 bits per heavy atom. The molecular formula is C34H37BN2. The third kappa shape index (κ3) is 3.80. The first kappa shape index (κ1) is 25.0. The fourth-order valence-corrected chi connectivity index (χ4v) is 6.41. The average molecular weight is 484 g/mol. The first-order valence-electron chi connectivity index (χ1n) is 13.6. The van der Waals surface area contributed by atoms with E-state index in [1.54, 1.807) is 0 Å². The highest BCUT2D eigenvalue weighted by Crippen LogP contribution is 2.45. The fraction of sp³-hybridized carbons (Fsp3) is 0.235. The zero-order valence-electron chi connectivity index (χ0n) is 22.8. The SMILES string of the molecule is C=C/C=C\C(=C/C)N1B2C=Cn3c4c(c5ccc(c2c53)C(=C/CC)/C1=C\C)C=CC(/C=C\C)C4/C=C\C. The molecule has 2 nitrogen and oxygen atoms in total. The highest BCUT2D eigenvalue weighted by atomic mass is 15.1. The van der Waals surface area contributed by atoms with Crippen LogP contribution in [0.25, 0.3) is 28.8 Å². The van der Waals surface area contributed by atoms with Gasteiger partial charge in [0.1, 0.15) is 0 Å². The van der Waals surface area contributed by atoms with Gasteiger partial charge in [-0.15, -0.1) is 0 Å². The first-order valence-corrected chi connectivity index (χ1v) is 13.6. The summed E-state index contributed by atoms with van der Waals surface area (Å²) in [6, 6.07) is 4.72. The zero-order valence-corrected chi connectivity index (χ0v) is 22.8. The molecule has 0 spiro atoms. The van der Waals surface area contributed by atoms with E-state index < -0.39 is 0 Å². The predicted molar refractivity (Wildman–Crippen MR) is 165 cm³/mol. The van der Waals surface area contributed by atoms with Crippen LogP contribution in [0, 0.1) is 5.92 Å². The number of allylic oxidation sites excluding steroid dienone is 12. The fourth-order valence-electron chi connectivity index (χ4n) is 6.41. The maximum Gasteiger partial charge on any atom is 0.324 e. The molecule has 37 heavy (non-hydrogen) atoms. The summed E-state index contributed by atoms with van der Waals surface area (Å²) < 4.78 is 2.49. The highest BCUT2D eigenvalue weighted by molar-refractivity contribution is 6.81. The monoisotopic (exact) mass is 484 g/mol. The van der Waals surface area contributed by atoms with Crippen LogP contribution in [0.2, 0.25) is 0 Å². The standard InChI is InChI=1S/C34H37BN2/c1-7-13-17-25(11-5)37-31(12-6)27(16-10-4)28-20-21-30-29-19-18-24(14-8-2)26(15-9-3)33(29)36-23-22-35(37)32(28)34(30)36/h7-9,11-24,26H,1,10H2,2-6H3/b14-8-,15-9-,17-13-,25-11+,27-16-,31-12+. The molecular weight excluding hydrogens is 447 g/mol. The van der Waals surface area contributed by atoms with E-state index in [0.717, 1.165) is 6.42 Å².